The molecule has 1 unspecified atom stereocenters. The van der Waals surface area contributed by atoms with Crippen LogP contribution in [0.1, 0.15) is 33.1 Å². The Morgan fingerprint density at radius 3 is 2.50 bits per heavy atom. The second-order valence-corrected chi connectivity index (χ2v) is 2.86. The van der Waals surface area contributed by atoms with Crippen molar-refractivity contribution in [1.29, 1.82) is 0 Å². The Labute approximate surface area is 62.8 Å². The number of hydrogen-bond acceptors (Lipinski definition) is 0. The zero-order valence-corrected chi connectivity index (χ0v) is 6.73. The van der Waals surface area contributed by atoms with E-state index in [1.54, 1.807) is 0 Å². The Morgan fingerprint density at radius 1 is 1.50 bits per heavy atom. The standard InChI is InChI=1S/C9H15F/c1-4-5-6-7-9(10)8(2)3/h1,8-9H,5-7H2,2-3H3. The van der Waals surface area contributed by atoms with Gasteiger partial charge in [-0.3, -0.25) is 0 Å². The largest absolute Gasteiger partial charge is 0.247 e. The normalized spacial score (nSPS) is 13.1. The molecule has 0 N–H and O–H groups in total. The Morgan fingerprint density at radius 2 is 2.10 bits per heavy atom. The van der Waals surface area contributed by atoms with Crippen molar-refractivity contribution in [3.05, 3.63) is 0 Å². The quantitative estimate of drug-likeness (QED) is 0.418. The summed E-state index contributed by atoms with van der Waals surface area (Å²) in [5.41, 5.74) is 0. The number of unbranched alkanes of at least 4 members (excludes halogenated alkanes) is 1. The summed E-state index contributed by atoms with van der Waals surface area (Å²) in [6.07, 6.45) is 6.48. The van der Waals surface area contributed by atoms with Gasteiger partial charge in [-0.15, -0.1) is 12.3 Å². The zero-order chi connectivity index (χ0) is 7.98. The molecular formula is C9H15F. The minimum absolute atomic E-state index is 0.137. The highest BCUT2D eigenvalue weighted by Gasteiger charge is 2.09. The lowest BCUT2D eigenvalue weighted by atomic mass is 10.0. The molecule has 0 aliphatic rings. The molecule has 0 fully saturated rings. The Hall–Kier alpha value is -0.510. The van der Waals surface area contributed by atoms with E-state index in [0.29, 0.717) is 12.8 Å². The van der Waals surface area contributed by atoms with Crippen molar-refractivity contribution < 1.29 is 4.39 Å². The van der Waals surface area contributed by atoms with Gasteiger partial charge in [0.15, 0.2) is 0 Å². The van der Waals surface area contributed by atoms with Gasteiger partial charge in [-0.1, -0.05) is 13.8 Å². The summed E-state index contributed by atoms with van der Waals surface area (Å²) in [4.78, 5) is 0. The lowest BCUT2D eigenvalue weighted by Gasteiger charge is -2.09. The summed E-state index contributed by atoms with van der Waals surface area (Å²) >= 11 is 0. The maximum atomic E-state index is 12.8. The third-order valence-electron chi connectivity index (χ3n) is 1.52. The maximum absolute atomic E-state index is 12.8. The van der Waals surface area contributed by atoms with E-state index < -0.39 is 6.17 Å². The molecule has 10 heavy (non-hydrogen) atoms. The lowest BCUT2D eigenvalue weighted by molar-refractivity contribution is 0.237. The van der Waals surface area contributed by atoms with Crippen LogP contribution in [0.15, 0.2) is 0 Å². The SMILES string of the molecule is C#CCCCC(F)C(C)C. The molecule has 0 aliphatic heterocycles. The van der Waals surface area contributed by atoms with Gasteiger partial charge in [0, 0.05) is 6.42 Å². The highest BCUT2D eigenvalue weighted by molar-refractivity contribution is 4.83. The van der Waals surface area contributed by atoms with E-state index in [2.05, 4.69) is 5.92 Å². The molecule has 0 saturated carbocycles. The van der Waals surface area contributed by atoms with Gasteiger partial charge in [-0.25, -0.2) is 4.39 Å². The summed E-state index contributed by atoms with van der Waals surface area (Å²) in [7, 11) is 0. The van der Waals surface area contributed by atoms with Crippen LogP contribution in [0.5, 0.6) is 0 Å². The second kappa shape index (κ2) is 5.29. The highest BCUT2D eigenvalue weighted by atomic mass is 19.1. The van der Waals surface area contributed by atoms with Crippen molar-refractivity contribution in [3.63, 3.8) is 0 Å². The van der Waals surface area contributed by atoms with Gasteiger partial charge in [0.05, 0.1) is 0 Å². The topological polar surface area (TPSA) is 0 Å². The predicted molar refractivity (Wildman–Crippen MR) is 42.4 cm³/mol. The molecule has 0 spiro atoms. The van der Waals surface area contributed by atoms with E-state index in [-0.39, 0.29) is 5.92 Å². The van der Waals surface area contributed by atoms with E-state index in [9.17, 15) is 4.39 Å². The van der Waals surface area contributed by atoms with Crippen molar-refractivity contribution in [1.82, 2.24) is 0 Å². The van der Waals surface area contributed by atoms with Crippen LogP contribution in [-0.2, 0) is 0 Å². The van der Waals surface area contributed by atoms with Crippen LogP contribution in [0.2, 0.25) is 0 Å². The minimum atomic E-state index is -0.673. The van der Waals surface area contributed by atoms with Gasteiger partial charge in [0.1, 0.15) is 6.17 Å². The molecule has 0 aromatic rings. The fourth-order valence-electron chi connectivity index (χ4n) is 0.732. The average molecular weight is 142 g/mol. The fourth-order valence-corrected chi connectivity index (χ4v) is 0.732. The number of hydrogen-bond donors (Lipinski definition) is 0. The molecule has 0 bridgehead atoms. The number of rotatable bonds is 4. The lowest BCUT2D eigenvalue weighted by Crippen LogP contribution is -2.08. The van der Waals surface area contributed by atoms with Crippen LogP contribution in [0.3, 0.4) is 0 Å². The molecule has 0 aliphatic carbocycles. The van der Waals surface area contributed by atoms with E-state index >= 15 is 0 Å². The van der Waals surface area contributed by atoms with Gasteiger partial charge < -0.3 is 0 Å². The van der Waals surface area contributed by atoms with Crippen LogP contribution in [0, 0.1) is 18.3 Å². The van der Waals surface area contributed by atoms with Crippen molar-refractivity contribution in [2.75, 3.05) is 0 Å². The number of terminal acetylenes is 1. The summed E-state index contributed by atoms with van der Waals surface area (Å²) in [5.74, 6) is 2.63. The highest BCUT2D eigenvalue weighted by Crippen LogP contribution is 2.12. The van der Waals surface area contributed by atoms with Gasteiger partial charge in [0.25, 0.3) is 0 Å². The summed E-state index contributed by atoms with van der Waals surface area (Å²) < 4.78 is 12.8. The van der Waals surface area contributed by atoms with E-state index in [0.717, 1.165) is 6.42 Å². The second-order valence-electron chi connectivity index (χ2n) is 2.86. The fraction of sp³-hybridized carbons (Fsp3) is 0.778. The Balaban J connectivity index is 3.23. The zero-order valence-electron chi connectivity index (χ0n) is 6.73. The van der Waals surface area contributed by atoms with Crippen molar-refractivity contribution in [2.45, 2.75) is 39.3 Å². The number of halogens is 1. The van der Waals surface area contributed by atoms with Gasteiger partial charge >= 0.3 is 0 Å². The van der Waals surface area contributed by atoms with Crippen LogP contribution in [0.4, 0.5) is 4.39 Å². The van der Waals surface area contributed by atoms with Crippen molar-refractivity contribution >= 4 is 0 Å². The Bertz CT molecular complexity index is 110. The molecule has 0 radical (unpaired) electrons. The van der Waals surface area contributed by atoms with E-state index in [1.165, 1.54) is 0 Å². The molecule has 0 aromatic heterocycles. The first-order valence-corrected chi connectivity index (χ1v) is 3.76. The molecule has 58 valence electrons. The molecule has 0 rings (SSSR count). The molecule has 0 amide bonds. The summed E-state index contributed by atoms with van der Waals surface area (Å²) in [6, 6.07) is 0. The third-order valence-corrected chi connectivity index (χ3v) is 1.52. The summed E-state index contributed by atoms with van der Waals surface area (Å²) in [5, 5.41) is 0. The van der Waals surface area contributed by atoms with Crippen molar-refractivity contribution in [2.24, 2.45) is 5.92 Å². The molecule has 0 heterocycles. The minimum Gasteiger partial charge on any atom is -0.247 e. The summed E-state index contributed by atoms with van der Waals surface area (Å²) in [6.45, 7) is 3.78. The van der Waals surface area contributed by atoms with Crippen LogP contribution >= 0.6 is 0 Å². The monoisotopic (exact) mass is 142 g/mol. The average Bonchev–Trinajstić information content (AvgIpc) is 1.88. The molecule has 0 aromatic carbocycles. The van der Waals surface area contributed by atoms with Crippen LogP contribution in [-0.4, -0.2) is 6.17 Å². The van der Waals surface area contributed by atoms with Gasteiger partial charge in [0.2, 0.25) is 0 Å². The van der Waals surface area contributed by atoms with Gasteiger partial charge in [-0.05, 0) is 18.8 Å². The maximum Gasteiger partial charge on any atom is 0.102 e. The van der Waals surface area contributed by atoms with Crippen LogP contribution < -0.4 is 0 Å². The predicted octanol–water partition coefficient (Wildman–Crippen LogP) is 2.78. The first-order valence-electron chi connectivity index (χ1n) is 3.76. The molecule has 1 heteroatoms. The van der Waals surface area contributed by atoms with Crippen molar-refractivity contribution in [3.8, 4) is 12.3 Å². The van der Waals surface area contributed by atoms with E-state index in [4.69, 9.17) is 6.42 Å². The first-order chi connectivity index (χ1) is 4.68. The van der Waals surface area contributed by atoms with E-state index in [1.807, 2.05) is 13.8 Å². The first kappa shape index (κ1) is 9.49. The third kappa shape index (κ3) is 4.38. The number of alkyl halides is 1. The molecule has 0 nitrogen and oxygen atoms in total. The molecular weight excluding hydrogens is 127 g/mol. The smallest absolute Gasteiger partial charge is 0.102 e. The Kier molecular flexibility index (Phi) is 5.02. The van der Waals surface area contributed by atoms with Crippen LogP contribution in [0.25, 0.3) is 0 Å². The van der Waals surface area contributed by atoms with Gasteiger partial charge in [-0.2, -0.15) is 0 Å². The molecule has 1 atom stereocenters. The molecule has 0 saturated heterocycles.